The fourth-order valence-electron chi connectivity index (χ4n) is 5.41. The maximum Gasteiger partial charge on any atom is 0.416 e. The van der Waals surface area contributed by atoms with Gasteiger partial charge in [0.15, 0.2) is 0 Å². The summed E-state index contributed by atoms with van der Waals surface area (Å²) in [5, 5.41) is 17.7. The second-order valence-electron chi connectivity index (χ2n) is 10.4. The third-order valence-electron chi connectivity index (χ3n) is 7.57. The van der Waals surface area contributed by atoms with Crippen LogP contribution in [0, 0.1) is 0 Å². The maximum absolute atomic E-state index is 13.7. The van der Waals surface area contributed by atoms with Crippen molar-refractivity contribution in [2.45, 2.75) is 44.8 Å². The minimum atomic E-state index is -4.50. The van der Waals surface area contributed by atoms with Gasteiger partial charge in [-0.3, -0.25) is 5.32 Å². The summed E-state index contributed by atoms with van der Waals surface area (Å²) in [4.78, 5) is 20.1. The highest BCUT2D eigenvalue weighted by atomic mass is 35.5. The summed E-state index contributed by atoms with van der Waals surface area (Å²) in [5.74, 6) is 0.590. The first kappa shape index (κ1) is 29.9. The predicted molar refractivity (Wildman–Crippen MR) is 155 cm³/mol. The fraction of sp³-hybridized carbons (Fsp3) is 0.400. The Hall–Kier alpha value is -3.54. The van der Waals surface area contributed by atoms with Crippen molar-refractivity contribution in [3.05, 3.63) is 76.4 Å². The van der Waals surface area contributed by atoms with Gasteiger partial charge in [-0.05, 0) is 66.8 Å². The zero-order valence-corrected chi connectivity index (χ0v) is 23.9. The minimum Gasteiger partial charge on any atom is -0.450 e. The number of aromatic nitrogens is 1. The molecule has 1 saturated heterocycles. The number of carbonyl (C=O) groups excluding carboxylic acids is 1. The number of alkyl halides is 3. The number of nitrogens with zero attached hydrogens (tertiary/aromatic N) is 3. The second kappa shape index (κ2) is 12.8. The topological polar surface area (TPSA) is 90.0 Å². The number of likely N-dealkylation sites (tertiary alicyclic amines) is 1. The highest BCUT2D eigenvalue weighted by molar-refractivity contribution is 6.30. The number of hydrogen-bond donors (Lipinski definition) is 3. The predicted octanol–water partition coefficient (Wildman–Crippen LogP) is 6.05. The van der Waals surface area contributed by atoms with Crippen molar-refractivity contribution in [1.82, 2.24) is 15.2 Å². The normalized spacial score (nSPS) is 16.5. The van der Waals surface area contributed by atoms with Crippen LogP contribution in [0.3, 0.4) is 0 Å². The molecule has 1 atom stereocenters. The lowest BCUT2D eigenvalue weighted by Crippen LogP contribution is -2.46. The molecule has 2 aliphatic rings. The number of anilines is 2. The first-order valence-corrected chi connectivity index (χ1v) is 14.3. The summed E-state index contributed by atoms with van der Waals surface area (Å²) >= 11 is 6.07. The monoisotopic (exact) mass is 603 g/mol. The van der Waals surface area contributed by atoms with Crippen molar-refractivity contribution in [2.75, 3.05) is 43.0 Å². The van der Waals surface area contributed by atoms with E-state index in [-0.39, 0.29) is 29.3 Å². The van der Waals surface area contributed by atoms with Crippen molar-refractivity contribution in [1.29, 1.82) is 0 Å². The van der Waals surface area contributed by atoms with Crippen molar-refractivity contribution in [3.8, 4) is 11.1 Å². The number of ether oxygens (including phenoxy) is 1. The number of nitrogens with one attached hydrogen (secondary N) is 2. The van der Waals surface area contributed by atoms with Gasteiger partial charge in [0.2, 0.25) is 0 Å². The lowest BCUT2D eigenvalue weighted by atomic mass is 10.0. The molecule has 12 heteroatoms. The number of benzene rings is 2. The Kier molecular flexibility index (Phi) is 9.10. The van der Waals surface area contributed by atoms with Gasteiger partial charge in [0.25, 0.3) is 0 Å². The maximum atomic E-state index is 13.7. The van der Waals surface area contributed by atoms with E-state index in [1.807, 2.05) is 35.2 Å². The van der Waals surface area contributed by atoms with Gasteiger partial charge >= 0.3 is 12.3 Å². The van der Waals surface area contributed by atoms with Crippen LogP contribution in [0.2, 0.25) is 5.02 Å². The first-order valence-electron chi connectivity index (χ1n) is 13.9. The SMILES string of the molecule is CCOC(=O)N1CCC(NC(O)c2cccc(-c3cnc4c(c3)N(Cc3cc(Cl)ccc3C(F)(F)F)CCN4)c2)CC1. The number of amides is 1. The highest BCUT2D eigenvalue weighted by Gasteiger charge is 2.34. The van der Waals surface area contributed by atoms with Crippen LogP contribution in [0.5, 0.6) is 0 Å². The molecule has 3 N–H and O–H groups in total. The van der Waals surface area contributed by atoms with Crippen LogP contribution < -0.4 is 15.5 Å². The molecule has 0 saturated carbocycles. The van der Waals surface area contributed by atoms with E-state index in [1.165, 1.54) is 12.1 Å². The summed E-state index contributed by atoms with van der Waals surface area (Å²) < 4.78 is 46.2. The third kappa shape index (κ3) is 6.91. The van der Waals surface area contributed by atoms with Gasteiger partial charge in [0.1, 0.15) is 12.0 Å². The number of aliphatic hydroxyl groups excluding tert-OH is 1. The number of pyridine rings is 1. The molecule has 0 aliphatic carbocycles. The Morgan fingerprint density at radius 1 is 1.17 bits per heavy atom. The Bertz CT molecular complexity index is 1420. The number of rotatable bonds is 7. The summed E-state index contributed by atoms with van der Waals surface area (Å²) in [6, 6.07) is 13.0. The van der Waals surface area contributed by atoms with E-state index in [2.05, 4.69) is 15.6 Å². The molecule has 5 rings (SSSR count). The van der Waals surface area contributed by atoms with E-state index in [4.69, 9.17) is 16.3 Å². The minimum absolute atomic E-state index is 0.0207. The molecular formula is C30H33ClF3N5O3. The van der Waals surface area contributed by atoms with E-state index in [1.54, 1.807) is 18.0 Å². The van der Waals surface area contributed by atoms with E-state index < -0.39 is 18.0 Å². The van der Waals surface area contributed by atoms with E-state index in [0.29, 0.717) is 62.7 Å². The lowest BCUT2D eigenvalue weighted by molar-refractivity contribution is -0.138. The molecule has 1 aromatic heterocycles. The molecule has 224 valence electrons. The number of carbonyl (C=O) groups is 1. The van der Waals surface area contributed by atoms with Crippen LogP contribution in [-0.4, -0.2) is 59.9 Å². The van der Waals surface area contributed by atoms with Crippen molar-refractivity contribution >= 4 is 29.2 Å². The molecule has 1 amide bonds. The van der Waals surface area contributed by atoms with Crippen LogP contribution in [0.4, 0.5) is 29.5 Å². The van der Waals surface area contributed by atoms with Crippen LogP contribution in [-0.2, 0) is 17.5 Å². The molecular weight excluding hydrogens is 571 g/mol. The average molecular weight is 604 g/mol. The Morgan fingerprint density at radius 3 is 2.69 bits per heavy atom. The van der Waals surface area contributed by atoms with Crippen LogP contribution in [0.1, 0.15) is 42.7 Å². The molecule has 8 nitrogen and oxygen atoms in total. The second-order valence-corrected chi connectivity index (χ2v) is 10.8. The summed E-state index contributed by atoms with van der Waals surface area (Å²) in [6.45, 7) is 4.25. The summed E-state index contributed by atoms with van der Waals surface area (Å²) in [6.07, 6.45) is -2.64. The molecule has 0 radical (unpaired) electrons. The smallest absolute Gasteiger partial charge is 0.416 e. The van der Waals surface area contributed by atoms with Crippen LogP contribution >= 0.6 is 11.6 Å². The van der Waals surface area contributed by atoms with E-state index >= 15 is 0 Å². The van der Waals surface area contributed by atoms with Crippen molar-refractivity contribution in [3.63, 3.8) is 0 Å². The third-order valence-corrected chi connectivity index (χ3v) is 7.80. The van der Waals surface area contributed by atoms with Gasteiger partial charge in [-0.1, -0.05) is 29.8 Å². The molecule has 2 aromatic carbocycles. The standard InChI is InChI=1S/C30H33ClF3N5O3/c1-2-42-29(41)38-11-8-24(9-12-38)37-28(40)20-5-3-4-19(14-20)21-16-26-27(36-17-21)35-10-13-39(26)18-22-15-23(31)6-7-25(22)30(32,33)34/h3-7,14-17,24,28,37,40H,2,8-13,18H2,1H3,(H,35,36). The zero-order valence-electron chi connectivity index (χ0n) is 23.1. The van der Waals surface area contributed by atoms with Crippen molar-refractivity contribution < 1.29 is 27.8 Å². The first-order chi connectivity index (χ1) is 20.1. The van der Waals surface area contributed by atoms with Gasteiger partial charge < -0.3 is 25.0 Å². The Balaban J connectivity index is 1.31. The fourth-order valence-corrected chi connectivity index (χ4v) is 5.60. The van der Waals surface area contributed by atoms with Gasteiger partial charge in [-0.15, -0.1) is 0 Å². The Labute approximate surface area is 247 Å². The molecule has 42 heavy (non-hydrogen) atoms. The Morgan fingerprint density at radius 2 is 1.95 bits per heavy atom. The summed E-state index contributed by atoms with van der Waals surface area (Å²) in [7, 11) is 0. The number of hydrogen-bond acceptors (Lipinski definition) is 7. The van der Waals surface area contributed by atoms with Crippen LogP contribution in [0.25, 0.3) is 11.1 Å². The highest BCUT2D eigenvalue weighted by Crippen LogP contribution is 2.37. The molecule has 0 spiro atoms. The van der Waals surface area contributed by atoms with Crippen molar-refractivity contribution in [2.24, 2.45) is 0 Å². The zero-order chi connectivity index (χ0) is 29.9. The molecule has 2 aliphatic heterocycles. The number of fused-ring (bicyclic) bond motifs is 1. The summed E-state index contributed by atoms with van der Waals surface area (Å²) in [5.41, 5.74) is 2.31. The molecule has 1 unspecified atom stereocenters. The molecule has 3 heterocycles. The lowest BCUT2D eigenvalue weighted by Gasteiger charge is -2.33. The van der Waals surface area contributed by atoms with Crippen LogP contribution in [0.15, 0.2) is 54.7 Å². The van der Waals surface area contributed by atoms with Gasteiger partial charge in [-0.25, -0.2) is 9.78 Å². The number of aliphatic hydroxyl groups is 1. The van der Waals surface area contributed by atoms with Gasteiger partial charge in [0, 0.05) is 55.5 Å². The quantitative estimate of drug-likeness (QED) is 0.283. The largest absolute Gasteiger partial charge is 0.450 e. The average Bonchev–Trinajstić information content (AvgIpc) is 2.97. The number of piperidine rings is 1. The number of halogens is 4. The van der Waals surface area contributed by atoms with E-state index in [9.17, 15) is 23.1 Å². The van der Waals surface area contributed by atoms with Gasteiger partial charge in [0.05, 0.1) is 17.9 Å². The molecule has 1 fully saturated rings. The van der Waals surface area contributed by atoms with Gasteiger partial charge in [-0.2, -0.15) is 13.2 Å². The van der Waals surface area contributed by atoms with E-state index in [0.717, 1.165) is 17.2 Å². The molecule has 0 bridgehead atoms. The molecule has 3 aromatic rings.